The van der Waals surface area contributed by atoms with Gasteiger partial charge in [0.15, 0.2) is 0 Å². The molecule has 0 amide bonds. The highest BCUT2D eigenvalue weighted by atomic mass is 16.7. The molecule has 1 aliphatic heterocycles. The quantitative estimate of drug-likeness (QED) is 0.774. The van der Waals surface area contributed by atoms with Crippen LogP contribution in [-0.4, -0.2) is 66.6 Å². The number of aliphatic hydroxyl groups excluding tert-OH is 1. The van der Waals surface area contributed by atoms with Gasteiger partial charge in [0.1, 0.15) is 0 Å². The van der Waals surface area contributed by atoms with Gasteiger partial charge in [-0.05, 0) is 19.4 Å². The van der Waals surface area contributed by atoms with Crippen molar-refractivity contribution in [2.45, 2.75) is 38.8 Å². The molecule has 1 saturated heterocycles. The average molecular weight is 308 g/mol. The molecule has 0 aromatic heterocycles. The second-order valence-corrected chi connectivity index (χ2v) is 6.20. The average Bonchev–Trinajstić information content (AvgIpc) is 2.45. The topological polar surface area (TPSA) is 45.2 Å². The second kappa shape index (κ2) is 8.60. The third-order valence-corrected chi connectivity index (χ3v) is 3.73. The Labute approximate surface area is 133 Å². The summed E-state index contributed by atoms with van der Waals surface area (Å²) >= 11 is 0. The van der Waals surface area contributed by atoms with Crippen molar-refractivity contribution >= 4 is 0 Å². The fourth-order valence-corrected chi connectivity index (χ4v) is 2.90. The Kier molecular flexibility index (Phi) is 6.79. The molecule has 3 atom stereocenters. The normalized spacial score (nSPS) is 24.6. The van der Waals surface area contributed by atoms with Gasteiger partial charge in [-0.25, -0.2) is 0 Å². The number of ether oxygens (including phenoxy) is 1. The van der Waals surface area contributed by atoms with Gasteiger partial charge in [-0.15, -0.1) is 0 Å². The van der Waals surface area contributed by atoms with E-state index in [-0.39, 0.29) is 12.2 Å². The molecule has 1 aromatic rings. The Hall–Kier alpha value is -0.980. The Bertz CT molecular complexity index is 419. The molecule has 1 fully saturated rings. The van der Waals surface area contributed by atoms with Crippen molar-refractivity contribution in [3.63, 3.8) is 0 Å². The van der Waals surface area contributed by atoms with Crippen LogP contribution in [0.25, 0.3) is 0 Å². The molecule has 5 nitrogen and oxygen atoms in total. The first-order valence-electron chi connectivity index (χ1n) is 7.96. The predicted octanol–water partition coefficient (Wildman–Crippen LogP) is 1.52. The van der Waals surface area contributed by atoms with E-state index < -0.39 is 6.10 Å². The van der Waals surface area contributed by atoms with E-state index >= 15 is 0 Å². The lowest BCUT2D eigenvalue weighted by Crippen LogP contribution is -2.49. The van der Waals surface area contributed by atoms with Crippen molar-refractivity contribution in [2.24, 2.45) is 0 Å². The number of benzene rings is 1. The van der Waals surface area contributed by atoms with E-state index in [2.05, 4.69) is 18.7 Å². The fraction of sp³-hybridized carbons (Fsp3) is 0.647. The highest BCUT2D eigenvalue weighted by molar-refractivity contribution is 5.13. The molecular weight excluding hydrogens is 280 g/mol. The number of aliphatic hydroxyl groups is 1. The first-order chi connectivity index (χ1) is 10.5. The van der Waals surface area contributed by atoms with Gasteiger partial charge in [0.2, 0.25) is 0 Å². The third kappa shape index (κ3) is 6.02. The van der Waals surface area contributed by atoms with Gasteiger partial charge in [0.25, 0.3) is 0 Å². The minimum Gasteiger partial charge on any atom is -0.390 e. The number of hydrogen-bond acceptors (Lipinski definition) is 5. The van der Waals surface area contributed by atoms with Crippen molar-refractivity contribution in [3.8, 4) is 0 Å². The summed E-state index contributed by atoms with van der Waals surface area (Å²) in [6.45, 7) is 7.56. The fourth-order valence-electron chi connectivity index (χ4n) is 2.90. The van der Waals surface area contributed by atoms with Crippen LogP contribution < -0.4 is 0 Å². The van der Waals surface area contributed by atoms with E-state index in [0.29, 0.717) is 19.7 Å². The first-order valence-corrected chi connectivity index (χ1v) is 7.96. The van der Waals surface area contributed by atoms with Gasteiger partial charge in [-0.1, -0.05) is 30.3 Å². The summed E-state index contributed by atoms with van der Waals surface area (Å²) < 4.78 is 5.71. The van der Waals surface area contributed by atoms with Gasteiger partial charge in [0.05, 0.1) is 31.5 Å². The molecule has 22 heavy (non-hydrogen) atoms. The monoisotopic (exact) mass is 308 g/mol. The summed E-state index contributed by atoms with van der Waals surface area (Å²) in [5.74, 6) is 0. The molecular formula is C17H28N2O3. The number of nitrogens with zero attached hydrogens (tertiary/aromatic N) is 2. The van der Waals surface area contributed by atoms with Crippen molar-refractivity contribution in [3.05, 3.63) is 35.9 Å². The Morgan fingerprint density at radius 1 is 1.27 bits per heavy atom. The van der Waals surface area contributed by atoms with Crippen molar-refractivity contribution in [1.82, 2.24) is 9.96 Å². The Morgan fingerprint density at radius 2 is 1.91 bits per heavy atom. The lowest BCUT2D eigenvalue weighted by atomic mass is 10.2. The summed E-state index contributed by atoms with van der Waals surface area (Å²) in [6.07, 6.45) is 0.0179. The molecule has 1 N–H and O–H groups in total. The van der Waals surface area contributed by atoms with E-state index in [1.807, 2.05) is 37.4 Å². The van der Waals surface area contributed by atoms with Crippen LogP contribution in [0.15, 0.2) is 30.3 Å². The molecule has 0 saturated carbocycles. The maximum absolute atomic E-state index is 10.2. The molecule has 1 aromatic carbocycles. The number of hydroxylamine groups is 2. The van der Waals surface area contributed by atoms with Crippen LogP contribution >= 0.6 is 0 Å². The van der Waals surface area contributed by atoms with E-state index in [0.717, 1.165) is 18.7 Å². The van der Waals surface area contributed by atoms with Gasteiger partial charge >= 0.3 is 0 Å². The molecule has 3 unspecified atom stereocenters. The smallest absolute Gasteiger partial charge is 0.0935 e. The number of morpholine rings is 1. The van der Waals surface area contributed by atoms with Gasteiger partial charge in [0, 0.05) is 26.7 Å². The number of likely N-dealkylation sites (N-methyl/N-ethyl adjacent to an activating group) is 1. The van der Waals surface area contributed by atoms with Crippen LogP contribution in [0.2, 0.25) is 0 Å². The zero-order chi connectivity index (χ0) is 15.9. The number of rotatable bonds is 7. The zero-order valence-corrected chi connectivity index (χ0v) is 13.8. The highest BCUT2D eigenvalue weighted by Gasteiger charge is 2.24. The van der Waals surface area contributed by atoms with Crippen LogP contribution in [-0.2, 0) is 16.2 Å². The minimum absolute atomic E-state index is 0.225. The summed E-state index contributed by atoms with van der Waals surface area (Å²) in [5, 5.41) is 12.0. The molecule has 1 aliphatic rings. The first kappa shape index (κ1) is 17.4. The Balaban J connectivity index is 1.68. The van der Waals surface area contributed by atoms with Crippen LogP contribution in [0.4, 0.5) is 0 Å². The summed E-state index contributed by atoms with van der Waals surface area (Å²) in [4.78, 5) is 7.92. The van der Waals surface area contributed by atoms with Gasteiger partial charge in [-0.3, -0.25) is 9.74 Å². The van der Waals surface area contributed by atoms with E-state index in [1.165, 1.54) is 0 Å². The third-order valence-electron chi connectivity index (χ3n) is 3.73. The van der Waals surface area contributed by atoms with Crippen LogP contribution in [0, 0.1) is 0 Å². The van der Waals surface area contributed by atoms with Crippen LogP contribution in [0.1, 0.15) is 19.4 Å². The lowest BCUT2D eigenvalue weighted by Gasteiger charge is -2.36. The van der Waals surface area contributed by atoms with E-state index in [9.17, 15) is 5.11 Å². The predicted molar refractivity (Wildman–Crippen MR) is 86.3 cm³/mol. The molecule has 0 radical (unpaired) electrons. The molecule has 0 aliphatic carbocycles. The van der Waals surface area contributed by atoms with E-state index in [4.69, 9.17) is 9.57 Å². The maximum Gasteiger partial charge on any atom is 0.0935 e. The van der Waals surface area contributed by atoms with Crippen LogP contribution in [0.5, 0.6) is 0 Å². The molecule has 124 valence electrons. The van der Waals surface area contributed by atoms with Crippen molar-refractivity contribution in [2.75, 3.05) is 33.2 Å². The van der Waals surface area contributed by atoms with Gasteiger partial charge < -0.3 is 9.84 Å². The summed E-state index contributed by atoms with van der Waals surface area (Å²) in [6, 6.07) is 10.0. The summed E-state index contributed by atoms with van der Waals surface area (Å²) in [5.41, 5.74) is 1.12. The van der Waals surface area contributed by atoms with Gasteiger partial charge in [-0.2, -0.15) is 5.06 Å². The molecule has 2 rings (SSSR count). The highest BCUT2D eigenvalue weighted by Crippen LogP contribution is 2.11. The molecule has 5 heteroatoms. The minimum atomic E-state index is -0.432. The molecule has 1 heterocycles. The maximum atomic E-state index is 10.2. The molecule has 0 bridgehead atoms. The van der Waals surface area contributed by atoms with E-state index in [1.54, 1.807) is 5.06 Å². The second-order valence-electron chi connectivity index (χ2n) is 6.20. The van der Waals surface area contributed by atoms with Crippen molar-refractivity contribution in [1.29, 1.82) is 0 Å². The number of β-amino-alcohol motifs (C(OH)–C–C–N with tert-alkyl or cyclic N) is 1. The SMILES string of the molecule is CC1CN(CC(O)CN(C)OCc2ccccc2)CC(C)O1. The number of hydrogen-bond donors (Lipinski definition) is 1. The zero-order valence-electron chi connectivity index (χ0n) is 13.8. The van der Waals surface area contributed by atoms with Crippen LogP contribution in [0.3, 0.4) is 0 Å². The summed E-state index contributed by atoms with van der Waals surface area (Å²) in [7, 11) is 1.86. The largest absolute Gasteiger partial charge is 0.390 e. The Morgan fingerprint density at radius 3 is 2.55 bits per heavy atom. The van der Waals surface area contributed by atoms with Crippen molar-refractivity contribution < 1.29 is 14.7 Å². The standard InChI is InChI=1S/C17H28N2O3/c1-14-9-19(10-15(2)22-14)12-17(20)11-18(3)21-13-16-7-5-4-6-8-16/h4-8,14-15,17,20H,9-13H2,1-3H3. The molecule has 0 spiro atoms. The lowest BCUT2D eigenvalue weighted by molar-refractivity contribution is -0.168.